The van der Waals surface area contributed by atoms with Gasteiger partial charge in [0, 0.05) is 18.8 Å². The minimum atomic E-state index is -1.56. The predicted molar refractivity (Wildman–Crippen MR) is 86.6 cm³/mol. The van der Waals surface area contributed by atoms with Gasteiger partial charge in [0.2, 0.25) is 0 Å². The highest BCUT2D eigenvalue weighted by molar-refractivity contribution is 6.71. The van der Waals surface area contributed by atoms with E-state index in [0.717, 1.165) is 25.3 Å². The molecule has 0 N–H and O–H groups in total. The number of nitrogens with zero attached hydrogens (tertiary/aromatic N) is 1. The number of hydrogen-bond acceptors (Lipinski definition) is 3. The maximum Gasteiger partial charge on any atom is 0.187 e. The number of benzene rings is 1. The molecule has 1 fully saturated rings. The molecule has 1 atom stereocenters. The van der Waals surface area contributed by atoms with E-state index < -0.39 is 8.32 Å². The number of ether oxygens (including phenoxy) is 1. The highest BCUT2D eigenvalue weighted by Gasteiger charge is 2.29. The molecule has 20 heavy (non-hydrogen) atoms. The first-order valence-corrected chi connectivity index (χ1v) is 10.4. The summed E-state index contributed by atoms with van der Waals surface area (Å²) in [5, 5.41) is 0. The van der Waals surface area contributed by atoms with E-state index in [1.807, 2.05) is 24.4 Å². The van der Waals surface area contributed by atoms with E-state index in [9.17, 15) is 0 Å². The van der Waals surface area contributed by atoms with Crippen molar-refractivity contribution in [1.82, 2.24) is 0 Å². The molecule has 1 aliphatic rings. The van der Waals surface area contributed by atoms with Gasteiger partial charge in [-0.1, -0.05) is 24.8 Å². The van der Waals surface area contributed by atoms with Crippen molar-refractivity contribution < 1.29 is 9.16 Å². The van der Waals surface area contributed by atoms with Crippen molar-refractivity contribution in [2.75, 3.05) is 24.7 Å². The molecule has 0 radical (unpaired) electrons. The second kappa shape index (κ2) is 7.06. The first-order valence-electron chi connectivity index (χ1n) is 7.30. The van der Waals surface area contributed by atoms with E-state index in [4.69, 9.17) is 9.16 Å². The van der Waals surface area contributed by atoms with Crippen molar-refractivity contribution in [3.05, 3.63) is 43.1 Å². The smallest absolute Gasteiger partial charge is 0.187 e. The fraction of sp³-hybridized carbons (Fsp3) is 0.500. The third-order valence-electron chi connectivity index (χ3n) is 3.57. The molecule has 0 spiro atoms. The molecule has 0 aromatic heterocycles. The first-order chi connectivity index (χ1) is 9.61. The van der Waals surface area contributed by atoms with Gasteiger partial charge in [0.25, 0.3) is 0 Å². The van der Waals surface area contributed by atoms with E-state index in [-0.39, 0.29) is 6.10 Å². The summed E-state index contributed by atoms with van der Waals surface area (Å²) in [5.74, 6) is 0. The third kappa shape index (κ3) is 4.47. The van der Waals surface area contributed by atoms with Crippen molar-refractivity contribution in [2.24, 2.45) is 0 Å². The van der Waals surface area contributed by atoms with Crippen LogP contribution in [0.25, 0.3) is 0 Å². The standard InChI is InChI=1S/C16H25NO2Si/c1-4-17(15-9-6-5-7-10-15)13-16-14-18-11-8-12-20(2,3)19-16/h4-7,9-10,16H,1,8,11-14H2,2-3H3. The van der Waals surface area contributed by atoms with Gasteiger partial charge in [0.1, 0.15) is 0 Å². The highest BCUT2D eigenvalue weighted by atomic mass is 28.4. The van der Waals surface area contributed by atoms with Crippen LogP contribution in [-0.4, -0.2) is 34.2 Å². The molecular weight excluding hydrogens is 266 g/mol. The number of para-hydroxylation sites is 1. The quantitative estimate of drug-likeness (QED) is 0.790. The molecule has 3 nitrogen and oxygen atoms in total. The summed E-state index contributed by atoms with van der Waals surface area (Å²) >= 11 is 0. The summed E-state index contributed by atoms with van der Waals surface area (Å²) in [7, 11) is -1.56. The Bertz CT molecular complexity index is 422. The van der Waals surface area contributed by atoms with Crippen LogP contribution in [0.15, 0.2) is 43.1 Å². The first kappa shape index (κ1) is 15.3. The fourth-order valence-corrected chi connectivity index (χ4v) is 4.73. The van der Waals surface area contributed by atoms with Gasteiger partial charge in [0.05, 0.1) is 12.7 Å². The van der Waals surface area contributed by atoms with Gasteiger partial charge in [-0.25, -0.2) is 0 Å². The van der Waals surface area contributed by atoms with Crippen LogP contribution in [0, 0.1) is 0 Å². The van der Waals surface area contributed by atoms with Crippen LogP contribution in [0.5, 0.6) is 0 Å². The van der Waals surface area contributed by atoms with E-state index in [1.165, 1.54) is 6.04 Å². The molecule has 110 valence electrons. The number of rotatable bonds is 4. The largest absolute Gasteiger partial charge is 0.410 e. The van der Waals surface area contributed by atoms with Crippen LogP contribution < -0.4 is 4.90 Å². The van der Waals surface area contributed by atoms with E-state index in [2.05, 4.69) is 36.7 Å². The summed E-state index contributed by atoms with van der Waals surface area (Å²) < 4.78 is 12.1. The van der Waals surface area contributed by atoms with Crippen LogP contribution in [-0.2, 0) is 9.16 Å². The Morgan fingerprint density at radius 1 is 1.35 bits per heavy atom. The second-order valence-electron chi connectivity index (χ2n) is 5.85. The van der Waals surface area contributed by atoms with Crippen LogP contribution in [0.3, 0.4) is 0 Å². The number of anilines is 1. The van der Waals surface area contributed by atoms with E-state index in [1.54, 1.807) is 0 Å². The third-order valence-corrected chi connectivity index (χ3v) is 6.09. The summed E-state index contributed by atoms with van der Waals surface area (Å²) in [6.45, 7) is 10.8. The lowest BCUT2D eigenvalue weighted by molar-refractivity contribution is 0.0398. The van der Waals surface area contributed by atoms with Gasteiger partial charge >= 0.3 is 0 Å². The van der Waals surface area contributed by atoms with Gasteiger partial charge < -0.3 is 14.1 Å². The van der Waals surface area contributed by atoms with Crippen LogP contribution in [0.2, 0.25) is 19.1 Å². The topological polar surface area (TPSA) is 21.7 Å². The average Bonchev–Trinajstić information content (AvgIpc) is 2.42. The molecule has 1 aromatic carbocycles. The molecular formula is C16H25NO2Si. The summed E-state index contributed by atoms with van der Waals surface area (Å²) in [6.07, 6.45) is 3.11. The Kier molecular flexibility index (Phi) is 5.40. The van der Waals surface area contributed by atoms with Gasteiger partial charge in [-0.05, 0) is 43.9 Å². The van der Waals surface area contributed by atoms with Crippen LogP contribution in [0.4, 0.5) is 5.69 Å². The number of hydrogen-bond donors (Lipinski definition) is 0. The molecule has 0 amide bonds. The Morgan fingerprint density at radius 3 is 2.80 bits per heavy atom. The summed E-state index contributed by atoms with van der Waals surface area (Å²) in [4.78, 5) is 2.14. The molecule has 1 aliphatic heterocycles. The zero-order chi connectivity index (χ0) is 14.4. The Labute approximate surface area is 123 Å². The van der Waals surface area contributed by atoms with Gasteiger partial charge in [-0.15, -0.1) is 0 Å². The predicted octanol–water partition coefficient (Wildman–Crippen LogP) is 3.65. The normalized spacial score (nSPS) is 22.6. The van der Waals surface area contributed by atoms with Crippen molar-refractivity contribution >= 4 is 14.0 Å². The Morgan fingerprint density at radius 2 is 2.10 bits per heavy atom. The summed E-state index contributed by atoms with van der Waals surface area (Å²) in [6, 6.07) is 11.5. The van der Waals surface area contributed by atoms with E-state index in [0.29, 0.717) is 6.61 Å². The SMILES string of the molecule is C=CN(CC1COCCC[Si](C)(C)O1)c1ccccc1. The van der Waals surface area contributed by atoms with Gasteiger partial charge in [-0.2, -0.15) is 0 Å². The molecule has 0 saturated carbocycles. The molecule has 2 rings (SSSR count). The van der Waals surface area contributed by atoms with Crippen molar-refractivity contribution in [3.8, 4) is 0 Å². The van der Waals surface area contributed by atoms with E-state index >= 15 is 0 Å². The molecule has 0 aliphatic carbocycles. The minimum Gasteiger partial charge on any atom is -0.410 e. The fourth-order valence-electron chi connectivity index (χ4n) is 2.57. The Balaban J connectivity index is 2.03. The molecule has 1 heterocycles. The molecule has 1 aromatic rings. The maximum absolute atomic E-state index is 6.36. The molecule has 1 unspecified atom stereocenters. The lowest BCUT2D eigenvalue weighted by atomic mass is 10.2. The van der Waals surface area contributed by atoms with Crippen LogP contribution >= 0.6 is 0 Å². The zero-order valence-corrected chi connectivity index (χ0v) is 13.5. The zero-order valence-electron chi connectivity index (χ0n) is 12.5. The Hall–Kier alpha value is -1.10. The highest BCUT2D eigenvalue weighted by Crippen LogP contribution is 2.21. The van der Waals surface area contributed by atoms with Crippen molar-refractivity contribution in [3.63, 3.8) is 0 Å². The van der Waals surface area contributed by atoms with Crippen LogP contribution in [0.1, 0.15) is 6.42 Å². The monoisotopic (exact) mass is 291 g/mol. The van der Waals surface area contributed by atoms with Crippen molar-refractivity contribution in [2.45, 2.75) is 31.7 Å². The second-order valence-corrected chi connectivity index (χ2v) is 10.1. The molecule has 4 heteroatoms. The van der Waals surface area contributed by atoms with Gasteiger partial charge in [-0.3, -0.25) is 0 Å². The minimum absolute atomic E-state index is 0.121. The molecule has 0 bridgehead atoms. The lowest BCUT2D eigenvalue weighted by Gasteiger charge is -2.34. The van der Waals surface area contributed by atoms with Crippen molar-refractivity contribution in [1.29, 1.82) is 0 Å². The lowest BCUT2D eigenvalue weighted by Crippen LogP contribution is -2.44. The summed E-state index contributed by atoms with van der Waals surface area (Å²) in [5.41, 5.74) is 1.15. The van der Waals surface area contributed by atoms with Gasteiger partial charge in [0.15, 0.2) is 8.32 Å². The average molecular weight is 291 g/mol. The molecule has 1 saturated heterocycles. The maximum atomic E-state index is 6.36.